The summed E-state index contributed by atoms with van der Waals surface area (Å²) in [6.07, 6.45) is 4.91. The highest BCUT2D eigenvalue weighted by Gasteiger charge is 2.40. The van der Waals surface area contributed by atoms with Gasteiger partial charge in [-0.1, -0.05) is 30.3 Å². The molecule has 0 radical (unpaired) electrons. The van der Waals surface area contributed by atoms with Gasteiger partial charge >= 0.3 is 6.09 Å². The molecule has 3 rings (SSSR count). The summed E-state index contributed by atoms with van der Waals surface area (Å²) in [6, 6.07) is 9.54. The van der Waals surface area contributed by atoms with E-state index in [0.717, 1.165) is 31.9 Å². The van der Waals surface area contributed by atoms with Crippen LogP contribution >= 0.6 is 0 Å². The van der Waals surface area contributed by atoms with E-state index in [9.17, 15) is 17.6 Å². The molecule has 0 bridgehead atoms. The van der Waals surface area contributed by atoms with E-state index in [1.54, 1.807) is 0 Å². The van der Waals surface area contributed by atoms with Gasteiger partial charge in [0.2, 0.25) is 10.0 Å². The summed E-state index contributed by atoms with van der Waals surface area (Å²) >= 11 is 0. The minimum Gasteiger partial charge on any atom is -0.447 e. The summed E-state index contributed by atoms with van der Waals surface area (Å²) in [5.74, 6) is 0.532. The molecule has 1 unspecified atom stereocenters. The summed E-state index contributed by atoms with van der Waals surface area (Å²) in [7, 11) is -3.43. The number of halogens is 1. The second-order valence-corrected chi connectivity index (χ2v) is 9.85. The third-order valence-electron chi connectivity index (χ3n) is 5.90. The minimum atomic E-state index is -3.43. The fourth-order valence-corrected chi connectivity index (χ4v) is 5.26. The molecule has 1 saturated carbocycles. The first kappa shape index (κ1) is 23.0. The maximum atomic E-state index is 12.4. The van der Waals surface area contributed by atoms with Gasteiger partial charge in [0.25, 0.3) is 0 Å². The number of carbonyl (C=O) groups is 1. The number of nitrogens with zero attached hydrogens (tertiary/aromatic N) is 1. The fourth-order valence-electron chi connectivity index (χ4n) is 4.43. The quantitative estimate of drug-likeness (QED) is 0.669. The van der Waals surface area contributed by atoms with Crippen molar-refractivity contribution in [3.63, 3.8) is 0 Å². The van der Waals surface area contributed by atoms with Crippen LogP contribution in [-0.4, -0.2) is 70.3 Å². The van der Waals surface area contributed by atoms with E-state index in [1.807, 2.05) is 6.07 Å². The van der Waals surface area contributed by atoms with E-state index in [1.165, 1.54) is 10.5 Å². The second kappa shape index (κ2) is 10.5. The van der Waals surface area contributed by atoms with Gasteiger partial charge in [-0.2, -0.15) is 0 Å². The Labute approximate surface area is 178 Å². The number of alkyl halides is 1. The molecule has 7 nitrogen and oxygen atoms in total. The Morgan fingerprint density at radius 1 is 1.17 bits per heavy atom. The molecule has 1 aliphatic heterocycles. The Kier molecular flexibility index (Phi) is 8.07. The largest absolute Gasteiger partial charge is 0.447 e. The van der Waals surface area contributed by atoms with Gasteiger partial charge < -0.3 is 14.4 Å². The molecule has 1 amide bonds. The molecule has 0 aromatic heterocycles. The molecule has 168 valence electrons. The van der Waals surface area contributed by atoms with Crippen molar-refractivity contribution in [3.05, 3.63) is 35.9 Å². The summed E-state index contributed by atoms with van der Waals surface area (Å²) in [6.45, 7) is -0.501. The van der Waals surface area contributed by atoms with Crippen LogP contribution in [0, 0.1) is 0 Å². The van der Waals surface area contributed by atoms with Gasteiger partial charge in [0.1, 0.15) is 13.3 Å². The first-order chi connectivity index (χ1) is 14.4. The predicted octanol–water partition coefficient (Wildman–Crippen LogP) is 2.83. The van der Waals surface area contributed by atoms with Gasteiger partial charge in [0.15, 0.2) is 0 Å². The number of nitrogens with one attached hydrogen (secondary N) is 1. The topological polar surface area (TPSA) is 84.9 Å². The molecular formula is C21H31FN2O5S. The zero-order valence-electron chi connectivity index (χ0n) is 17.3. The van der Waals surface area contributed by atoms with Crippen LogP contribution in [0.25, 0.3) is 0 Å². The summed E-state index contributed by atoms with van der Waals surface area (Å²) in [4.78, 5) is 13.7. The second-order valence-electron chi connectivity index (χ2n) is 8.07. The molecule has 1 aliphatic carbocycles. The number of hydrogen-bond acceptors (Lipinski definition) is 5. The van der Waals surface area contributed by atoms with Crippen molar-refractivity contribution in [2.75, 3.05) is 32.7 Å². The molecular weight excluding hydrogens is 411 g/mol. The molecule has 0 spiro atoms. The summed E-state index contributed by atoms with van der Waals surface area (Å²) in [5.41, 5.74) is 1.35. The first-order valence-corrected chi connectivity index (χ1v) is 12.4. The van der Waals surface area contributed by atoms with Crippen LogP contribution in [0.5, 0.6) is 0 Å². The molecule has 2 atom stereocenters. The minimum absolute atomic E-state index is 0.0770. The Morgan fingerprint density at radius 2 is 1.87 bits per heavy atom. The van der Waals surface area contributed by atoms with Gasteiger partial charge in [0, 0.05) is 12.6 Å². The van der Waals surface area contributed by atoms with Gasteiger partial charge in [0.05, 0.1) is 25.0 Å². The predicted molar refractivity (Wildman–Crippen MR) is 112 cm³/mol. The normalized spacial score (nSPS) is 27.2. The van der Waals surface area contributed by atoms with Gasteiger partial charge in [-0.3, -0.25) is 0 Å². The van der Waals surface area contributed by atoms with E-state index in [-0.39, 0.29) is 19.3 Å². The van der Waals surface area contributed by atoms with Crippen LogP contribution in [0.1, 0.15) is 43.6 Å². The van der Waals surface area contributed by atoms with Crippen LogP contribution in [0.3, 0.4) is 0 Å². The third-order valence-corrected chi connectivity index (χ3v) is 6.63. The van der Waals surface area contributed by atoms with Crippen molar-refractivity contribution in [1.82, 2.24) is 9.62 Å². The average molecular weight is 443 g/mol. The maximum absolute atomic E-state index is 12.4. The van der Waals surface area contributed by atoms with Crippen molar-refractivity contribution in [1.29, 1.82) is 0 Å². The molecule has 1 aromatic carbocycles. The highest BCUT2D eigenvalue weighted by atomic mass is 32.2. The maximum Gasteiger partial charge on any atom is 0.410 e. The number of amides is 1. The zero-order valence-corrected chi connectivity index (χ0v) is 18.2. The average Bonchev–Trinajstić information content (AvgIpc) is 3.12. The Hall–Kier alpha value is -1.71. The Balaban J connectivity index is 1.56. The van der Waals surface area contributed by atoms with Gasteiger partial charge in [-0.15, -0.1) is 0 Å². The van der Waals surface area contributed by atoms with E-state index in [0.29, 0.717) is 18.9 Å². The van der Waals surface area contributed by atoms with Crippen molar-refractivity contribution < 1.29 is 27.1 Å². The number of benzene rings is 1. The highest BCUT2D eigenvalue weighted by Crippen LogP contribution is 2.34. The Morgan fingerprint density at radius 3 is 2.50 bits per heavy atom. The number of hydrogen-bond donors (Lipinski definition) is 1. The van der Waals surface area contributed by atoms with E-state index in [4.69, 9.17) is 9.47 Å². The van der Waals surface area contributed by atoms with Gasteiger partial charge in [-0.25, -0.2) is 22.3 Å². The summed E-state index contributed by atoms with van der Waals surface area (Å²) in [5, 5.41) is 0. The lowest BCUT2D eigenvalue weighted by Gasteiger charge is -2.32. The van der Waals surface area contributed by atoms with Crippen LogP contribution in [0.2, 0.25) is 0 Å². The monoisotopic (exact) mass is 442 g/mol. The number of rotatable bonds is 8. The molecule has 1 heterocycles. The lowest BCUT2D eigenvalue weighted by molar-refractivity contribution is -0.00718. The molecule has 2 fully saturated rings. The lowest BCUT2D eigenvalue weighted by Crippen LogP contribution is -2.49. The molecule has 1 saturated heterocycles. The zero-order chi connectivity index (χ0) is 21.6. The molecule has 1 aromatic rings. The molecule has 30 heavy (non-hydrogen) atoms. The van der Waals surface area contributed by atoms with Crippen LogP contribution < -0.4 is 4.72 Å². The number of carbonyl (C=O) groups excluding carboxylic acids is 1. The van der Waals surface area contributed by atoms with Crippen LogP contribution in [0.15, 0.2) is 30.3 Å². The van der Waals surface area contributed by atoms with Crippen LogP contribution in [0.4, 0.5) is 9.18 Å². The third kappa shape index (κ3) is 6.39. The lowest BCUT2D eigenvalue weighted by atomic mass is 9.83. The van der Waals surface area contributed by atoms with E-state index >= 15 is 0 Å². The van der Waals surface area contributed by atoms with Crippen molar-refractivity contribution >= 4 is 16.1 Å². The standard InChI is InChI=1S/C21H31FN2O5S/c1-30(26,27)23-19-11-13-24(21(25)28-14-12-22)20(19)15-29-18-9-7-17(8-10-18)16-5-3-2-4-6-16/h2-6,17-20,23H,7-15H2,1H3/t17?,18?,19?,20-/m0/s1. The fraction of sp³-hybridized carbons (Fsp3) is 0.667. The summed E-state index contributed by atoms with van der Waals surface area (Å²) < 4.78 is 49.4. The number of ether oxygens (including phenoxy) is 2. The van der Waals surface area contributed by atoms with E-state index in [2.05, 4.69) is 29.0 Å². The number of likely N-dealkylation sites (tertiary alicyclic amines) is 1. The smallest absolute Gasteiger partial charge is 0.410 e. The van der Waals surface area contributed by atoms with Crippen molar-refractivity contribution in [2.24, 2.45) is 0 Å². The van der Waals surface area contributed by atoms with E-state index < -0.39 is 34.9 Å². The SMILES string of the molecule is CS(=O)(=O)NC1CCN(C(=O)OCCF)[C@H]1COC1CCC(c2ccccc2)CC1. The van der Waals surface area contributed by atoms with Crippen molar-refractivity contribution in [3.8, 4) is 0 Å². The molecule has 9 heteroatoms. The number of sulfonamides is 1. The van der Waals surface area contributed by atoms with Gasteiger partial charge in [-0.05, 0) is 43.6 Å². The highest BCUT2D eigenvalue weighted by molar-refractivity contribution is 7.88. The van der Waals surface area contributed by atoms with Crippen molar-refractivity contribution in [2.45, 2.75) is 56.2 Å². The Bertz CT molecular complexity index is 784. The van der Waals surface area contributed by atoms with Crippen LogP contribution in [-0.2, 0) is 19.5 Å². The molecule has 1 N–H and O–H groups in total. The first-order valence-electron chi connectivity index (χ1n) is 10.5. The molecule has 2 aliphatic rings.